The third kappa shape index (κ3) is 26.0. The molecule has 3 heteroatoms. The number of unbranched alkanes of at least 4 members (excludes halogenated alkanes) is 18. The van der Waals surface area contributed by atoms with Gasteiger partial charge in [0.05, 0.1) is 0 Å². The molecule has 0 aliphatic heterocycles. The van der Waals surface area contributed by atoms with Crippen LogP contribution in [0.25, 0.3) is 0 Å². The van der Waals surface area contributed by atoms with Crippen molar-refractivity contribution in [1.82, 2.24) is 5.32 Å². The molecule has 0 aromatic carbocycles. The van der Waals surface area contributed by atoms with Gasteiger partial charge in [0.15, 0.2) is 0 Å². The molecule has 2 atom stereocenters. The van der Waals surface area contributed by atoms with Crippen molar-refractivity contribution < 1.29 is 9.47 Å². The first-order valence-electron chi connectivity index (χ1n) is 14.1. The molecule has 0 rings (SSSR count). The predicted molar refractivity (Wildman–Crippen MR) is 137 cm³/mol. The molecule has 0 saturated carbocycles. The van der Waals surface area contributed by atoms with Crippen LogP contribution in [0.4, 0.5) is 0 Å². The van der Waals surface area contributed by atoms with Gasteiger partial charge in [0.25, 0.3) is 0 Å². The fourth-order valence-corrected chi connectivity index (χ4v) is 4.07. The lowest BCUT2D eigenvalue weighted by Crippen LogP contribution is -2.32. The molecule has 0 aromatic heterocycles. The molecular formula is C28H58NO2. The van der Waals surface area contributed by atoms with Crippen molar-refractivity contribution in [2.75, 3.05) is 13.2 Å². The molecule has 0 heterocycles. The molecule has 31 heavy (non-hydrogen) atoms. The summed E-state index contributed by atoms with van der Waals surface area (Å²) in [5.41, 5.74) is 0. The summed E-state index contributed by atoms with van der Waals surface area (Å²) >= 11 is 0. The van der Waals surface area contributed by atoms with Crippen molar-refractivity contribution in [1.29, 1.82) is 0 Å². The van der Waals surface area contributed by atoms with Crippen molar-refractivity contribution in [2.24, 2.45) is 0 Å². The average molecular weight is 441 g/mol. The SMILES string of the molecule is CCCCCCCCCCCCOC(C)[N]C(C)OCCCCCCCCCCCC. The Hall–Kier alpha value is -0.120. The molecule has 0 spiro atoms. The lowest BCUT2D eigenvalue weighted by atomic mass is 10.1. The summed E-state index contributed by atoms with van der Waals surface area (Å²) in [5, 5.41) is 4.60. The molecule has 1 radical (unpaired) electrons. The highest BCUT2D eigenvalue weighted by Crippen LogP contribution is 2.12. The fourth-order valence-electron chi connectivity index (χ4n) is 4.07. The van der Waals surface area contributed by atoms with Crippen LogP contribution < -0.4 is 5.32 Å². The van der Waals surface area contributed by atoms with E-state index in [4.69, 9.17) is 9.47 Å². The van der Waals surface area contributed by atoms with Crippen molar-refractivity contribution in [3.05, 3.63) is 0 Å². The van der Waals surface area contributed by atoms with E-state index in [0.29, 0.717) is 0 Å². The van der Waals surface area contributed by atoms with Crippen LogP contribution in [0.5, 0.6) is 0 Å². The normalized spacial score (nSPS) is 13.5. The molecule has 0 N–H and O–H groups in total. The quantitative estimate of drug-likeness (QED) is 0.126. The van der Waals surface area contributed by atoms with Gasteiger partial charge in [-0.2, -0.15) is 5.32 Å². The molecular weight excluding hydrogens is 382 g/mol. The minimum atomic E-state index is -0.0544. The van der Waals surface area contributed by atoms with Gasteiger partial charge in [0.2, 0.25) is 0 Å². The van der Waals surface area contributed by atoms with Crippen LogP contribution in [0.15, 0.2) is 0 Å². The maximum absolute atomic E-state index is 5.84. The minimum absolute atomic E-state index is 0.0544. The van der Waals surface area contributed by atoms with Crippen LogP contribution in [0.3, 0.4) is 0 Å². The molecule has 2 unspecified atom stereocenters. The summed E-state index contributed by atoms with van der Waals surface area (Å²) in [6.07, 6.45) is 27.1. The Kier molecular flexibility index (Phi) is 26.0. The topological polar surface area (TPSA) is 32.6 Å². The molecule has 0 amide bonds. The van der Waals surface area contributed by atoms with E-state index >= 15 is 0 Å². The molecule has 3 nitrogen and oxygen atoms in total. The Bertz CT molecular complexity index is 294. The zero-order valence-electron chi connectivity index (χ0n) is 22.0. The molecule has 0 fully saturated rings. The standard InChI is InChI=1S/C28H58NO2/c1-5-7-9-11-13-15-17-19-21-23-25-30-27(3)29-28(4)31-26-24-22-20-18-16-14-12-10-8-6-2/h27-28H,5-26H2,1-4H3. The summed E-state index contributed by atoms with van der Waals surface area (Å²) in [7, 11) is 0. The molecule has 0 aromatic rings. The molecule has 0 bridgehead atoms. The van der Waals surface area contributed by atoms with E-state index in [1.807, 2.05) is 13.8 Å². The van der Waals surface area contributed by atoms with Crippen LogP contribution in [0.1, 0.15) is 156 Å². The van der Waals surface area contributed by atoms with E-state index in [9.17, 15) is 0 Å². The zero-order chi connectivity index (χ0) is 22.8. The second kappa shape index (κ2) is 26.1. The maximum atomic E-state index is 5.84. The van der Waals surface area contributed by atoms with Gasteiger partial charge < -0.3 is 9.47 Å². The Labute approximate surface area is 196 Å². The van der Waals surface area contributed by atoms with E-state index in [-0.39, 0.29) is 12.5 Å². The number of nitrogens with zero attached hydrogens (tertiary/aromatic N) is 1. The van der Waals surface area contributed by atoms with E-state index in [1.54, 1.807) is 0 Å². The second-order valence-corrected chi connectivity index (χ2v) is 9.45. The first kappa shape index (κ1) is 30.9. The van der Waals surface area contributed by atoms with Gasteiger partial charge in [-0.15, -0.1) is 0 Å². The van der Waals surface area contributed by atoms with E-state index in [0.717, 1.165) is 26.1 Å². The van der Waals surface area contributed by atoms with Crippen LogP contribution in [0.2, 0.25) is 0 Å². The summed E-state index contributed by atoms with van der Waals surface area (Å²) in [4.78, 5) is 0. The van der Waals surface area contributed by atoms with Crippen LogP contribution in [0, 0.1) is 0 Å². The van der Waals surface area contributed by atoms with Gasteiger partial charge in [0, 0.05) is 13.2 Å². The van der Waals surface area contributed by atoms with Gasteiger partial charge in [-0.1, -0.05) is 129 Å². The Morgan fingerprint density at radius 2 is 0.677 bits per heavy atom. The highest BCUT2D eigenvalue weighted by atomic mass is 16.5. The Balaban J connectivity index is 3.29. The monoisotopic (exact) mass is 440 g/mol. The minimum Gasteiger partial charge on any atom is -0.362 e. The van der Waals surface area contributed by atoms with Crippen molar-refractivity contribution >= 4 is 0 Å². The Morgan fingerprint density at radius 1 is 0.419 bits per heavy atom. The highest BCUT2D eigenvalue weighted by Gasteiger charge is 2.09. The molecule has 187 valence electrons. The fraction of sp³-hybridized carbons (Fsp3) is 1.00. The van der Waals surface area contributed by atoms with Crippen molar-refractivity contribution in [3.63, 3.8) is 0 Å². The van der Waals surface area contributed by atoms with Crippen LogP contribution in [-0.2, 0) is 9.47 Å². The van der Waals surface area contributed by atoms with Crippen LogP contribution in [-0.4, -0.2) is 25.7 Å². The van der Waals surface area contributed by atoms with Gasteiger partial charge in [0.1, 0.15) is 12.5 Å². The predicted octanol–water partition coefficient (Wildman–Crippen LogP) is 9.16. The van der Waals surface area contributed by atoms with Crippen LogP contribution >= 0.6 is 0 Å². The van der Waals surface area contributed by atoms with Gasteiger partial charge in [-0.05, 0) is 26.7 Å². The highest BCUT2D eigenvalue weighted by molar-refractivity contribution is 4.53. The zero-order valence-corrected chi connectivity index (χ0v) is 22.0. The molecule has 0 aliphatic rings. The summed E-state index contributed by atoms with van der Waals surface area (Å²) < 4.78 is 11.7. The number of hydrogen-bond donors (Lipinski definition) is 0. The Morgan fingerprint density at radius 3 is 0.968 bits per heavy atom. The lowest BCUT2D eigenvalue weighted by molar-refractivity contribution is -0.0360. The second-order valence-electron chi connectivity index (χ2n) is 9.45. The van der Waals surface area contributed by atoms with Crippen molar-refractivity contribution in [2.45, 2.75) is 169 Å². The first-order valence-corrected chi connectivity index (χ1v) is 14.1. The summed E-state index contributed by atoms with van der Waals surface area (Å²) in [5.74, 6) is 0. The summed E-state index contributed by atoms with van der Waals surface area (Å²) in [6, 6.07) is 0. The lowest BCUT2D eigenvalue weighted by Gasteiger charge is -2.18. The van der Waals surface area contributed by atoms with E-state index in [2.05, 4.69) is 19.2 Å². The third-order valence-corrected chi connectivity index (χ3v) is 6.13. The number of rotatable bonds is 26. The van der Waals surface area contributed by atoms with E-state index in [1.165, 1.54) is 116 Å². The van der Waals surface area contributed by atoms with Gasteiger partial charge in [-0.3, -0.25) is 0 Å². The first-order chi connectivity index (χ1) is 15.2. The largest absolute Gasteiger partial charge is 0.362 e. The molecule has 0 aliphatic carbocycles. The number of ether oxygens (including phenoxy) is 2. The summed E-state index contributed by atoms with van der Waals surface area (Å²) in [6.45, 7) is 10.3. The third-order valence-electron chi connectivity index (χ3n) is 6.13. The smallest absolute Gasteiger partial charge is 0.123 e. The van der Waals surface area contributed by atoms with Gasteiger partial charge in [-0.25, -0.2) is 0 Å². The maximum Gasteiger partial charge on any atom is 0.123 e. The number of hydrogen-bond acceptors (Lipinski definition) is 2. The van der Waals surface area contributed by atoms with E-state index < -0.39 is 0 Å². The molecule has 0 saturated heterocycles. The van der Waals surface area contributed by atoms with Gasteiger partial charge >= 0.3 is 0 Å². The average Bonchev–Trinajstić information content (AvgIpc) is 2.75. The van der Waals surface area contributed by atoms with Crippen molar-refractivity contribution in [3.8, 4) is 0 Å².